The number of benzene rings is 2. The van der Waals surface area contributed by atoms with Crippen molar-refractivity contribution < 1.29 is 33.2 Å². The van der Waals surface area contributed by atoms with Crippen molar-refractivity contribution in [1.82, 2.24) is 4.72 Å². The van der Waals surface area contributed by atoms with Gasteiger partial charge in [0.05, 0.1) is 4.90 Å². The molecule has 0 saturated heterocycles. The minimum absolute atomic E-state index is 0.0352. The molecule has 8 nitrogen and oxygen atoms in total. The Morgan fingerprint density at radius 3 is 1.84 bits per heavy atom. The maximum absolute atomic E-state index is 12.8. The van der Waals surface area contributed by atoms with Crippen LogP contribution in [0.3, 0.4) is 0 Å². The number of nitrogens with one attached hydrogen (secondary N) is 1. The molecular formula is C22H29N2O6S+. The molecule has 9 heteroatoms. The molecule has 168 valence electrons. The average Bonchev–Trinajstić information content (AvgIpc) is 2.65. The van der Waals surface area contributed by atoms with Gasteiger partial charge in [0, 0.05) is 0 Å². The number of sulfonamides is 1. The van der Waals surface area contributed by atoms with Gasteiger partial charge in [0.2, 0.25) is 10.0 Å². The highest BCUT2D eigenvalue weighted by atomic mass is 32.2. The Labute approximate surface area is 182 Å². The summed E-state index contributed by atoms with van der Waals surface area (Å²) < 4.78 is 38.4. The van der Waals surface area contributed by atoms with Crippen LogP contribution < -0.4 is 15.2 Å². The SMILES string of the molecule is CC(C)[C@@H](NS(=O)(=O)c1ccc(-c2ccc(OC([NH3+])=O)cc2)cc1)C(=O)OC(C)(C)C. The molecule has 0 aliphatic carbocycles. The largest absolute Gasteiger partial charge is 0.516 e. The van der Waals surface area contributed by atoms with Crippen LogP contribution in [0.25, 0.3) is 11.1 Å². The van der Waals surface area contributed by atoms with E-state index < -0.39 is 33.7 Å². The summed E-state index contributed by atoms with van der Waals surface area (Å²) in [5.74, 6) is -0.547. The molecule has 0 saturated carbocycles. The molecule has 0 spiro atoms. The van der Waals surface area contributed by atoms with E-state index in [0.29, 0.717) is 5.75 Å². The van der Waals surface area contributed by atoms with Crippen molar-refractivity contribution in [2.45, 2.75) is 51.2 Å². The minimum atomic E-state index is -3.94. The zero-order valence-corrected chi connectivity index (χ0v) is 19.2. The van der Waals surface area contributed by atoms with Crippen LogP contribution in [0.4, 0.5) is 4.79 Å². The molecule has 0 aliphatic rings. The lowest BCUT2D eigenvalue weighted by Gasteiger charge is -2.26. The molecule has 0 aromatic heterocycles. The van der Waals surface area contributed by atoms with Crippen LogP contribution in [0.5, 0.6) is 5.75 Å². The van der Waals surface area contributed by atoms with E-state index >= 15 is 0 Å². The third-order valence-electron chi connectivity index (χ3n) is 4.19. The maximum Gasteiger partial charge on any atom is 0.516 e. The molecule has 0 bridgehead atoms. The topological polar surface area (TPSA) is 126 Å². The number of rotatable bonds is 7. The second-order valence-corrected chi connectivity index (χ2v) is 10.1. The number of carbonyl (C=O) groups is 2. The number of carbonyl (C=O) groups excluding carboxylic acids is 2. The van der Waals surface area contributed by atoms with E-state index in [9.17, 15) is 18.0 Å². The lowest BCUT2D eigenvalue weighted by atomic mass is 10.1. The van der Waals surface area contributed by atoms with Crippen LogP contribution in [-0.4, -0.2) is 32.1 Å². The Hall–Kier alpha value is -2.75. The highest BCUT2D eigenvalue weighted by molar-refractivity contribution is 7.89. The van der Waals surface area contributed by atoms with Gasteiger partial charge < -0.3 is 9.47 Å². The second-order valence-electron chi connectivity index (χ2n) is 8.40. The van der Waals surface area contributed by atoms with Crippen LogP contribution >= 0.6 is 0 Å². The number of ether oxygens (including phenoxy) is 2. The fourth-order valence-corrected chi connectivity index (χ4v) is 4.06. The summed E-state index contributed by atoms with van der Waals surface area (Å²) in [4.78, 5) is 23.4. The van der Waals surface area contributed by atoms with Crippen LogP contribution in [0.1, 0.15) is 34.6 Å². The molecule has 0 unspecified atom stereocenters. The fourth-order valence-electron chi connectivity index (χ4n) is 2.73. The van der Waals surface area contributed by atoms with E-state index in [-0.39, 0.29) is 10.8 Å². The average molecular weight is 450 g/mol. The van der Waals surface area contributed by atoms with Gasteiger partial charge in [0.25, 0.3) is 0 Å². The van der Waals surface area contributed by atoms with Crippen LogP contribution in [0.15, 0.2) is 53.4 Å². The van der Waals surface area contributed by atoms with E-state index in [0.717, 1.165) is 11.1 Å². The van der Waals surface area contributed by atoms with Crippen molar-refractivity contribution in [2.24, 2.45) is 5.92 Å². The summed E-state index contributed by atoms with van der Waals surface area (Å²) in [6.07, 6.45) is -0.652. The summed E-state index contributed by atoms with van der Waals surface area (Å²) in [6.45, 7) is 8.67. The third kappa shape index (κ3) is 7.16. The highest BCUT2D eigenvalue weighted by Crippen LogP contribution is 2.24. The van der Waals surface area contributed by atoms with Gasteiger partial charge in [-0.2, -0.15) is 9.52 Å². The van der Waals surface area contributed by atoms with E-state index in [1.54, 1.807) is 71.0 Å². The Bertz CT molecular complexity index is 1020. The number of esters is 1. The van der Waals surface area contributed by atoms with Crippen molar-refractivity contribution in [3.05, 3.63) is 48.5 Å². The summed E-state index contributed by atoms with van der Waals surface area (Å²) >= 11 is 0. The number of quaternary nitrogens is 1. The first kappa shape index (κ1) is 24.5. The van der Waals surface area contributed by atoms with Crippen molar-refractivity contribution in [3.8, 4) is 16.9 Å². The van der Waals surface area contributed by atoms with E-state index in [1.165, 1.54) is 12.1 Å². The van der Waals surface area contributed by atoms with Crippen molar-refractivity contribution in [2.75, 3.05) is 0 Å². The third-order valence-corrected chi connectivity index (χ3v) is 5.65. The lowest BCUT2D eigenvalue weighted by molar-refractivity contribution is -0.271. The quantitative estimate of drug-likeness (QED) is 0.626. The summed E-state index contributed by atoms with van der Waals surface area (Å²) in [5.41, 5.74) is 4.02. The van der Waals surface area contributed by atoms with Crippen molar-refractivity contribution in [3.63, 3.8) is 0 Å². The van der Waals surface area contributed by atoms with Crippen LogP contribution in [-0.2, 0) is 19.6 Å². The normalized spacial score (nSPS) is 13.0. The van der Waals surface area contributed by atoms with Crippen LogP contribution in [0.2, 0.25) is 0 Å². The predicted octanol–water partition coefficient (Wildman–Crippen LogP) is 2.74. The number of amides is 1. The summed E-state index contributed by atoms with van der Waals surface area (Å²) in [5, 5.41) is 0. The molecule has 1 amide bonds. The maximum atomic E-state index is 12.8. The molecule has 2 rings (SSSR count). The molecule has 0 radical (unpaired) electrons. The fraction of sp³-hybridized carbons (Fsp3) is 0.364. The predicted molar refractivity (Wildman–Crippen MR) is 116 cm³/mol. The molecule has 4 N–H and O–H groups in total. The van der Waals surface area contributed by atoms with Crippen molar-refractivity contribution >= 4 is 22.1 Å². The molecule has 2 aromatic rings. The van der Waals surface area contributed by atoms with Gasteiger partial charge >= 0.3 is 12.1 Å². The molecule has 2 aromatic carbocycles. The van der Waals surface area contributed by atoms with E-state index in [1.807, 2.05) is 0 Å². The Balaban J connectivity index is 2.19. The molecule has 1 atom stereocenters. The zero-order valence-electron chi connectivity index (χ0n) is 18.3. The van der Waals surface area contributed by atoms with Gasteiger partial charge in [-0.15, -0.1) is 0 Å². The van der Waals surface area contributed by atoms with Gasteiger partial charge in [-0.05, 0) is 62.1 Å². The Morgan fingerprint density at radius 1 is 0.935 bits per heavy atom. The molecular weight excluding hydrogens is 420 g/mol. The molecule has 0 heterocycles. The first-order chi connectivity index (χ1) is 14.3. The van der Waals surface area contributed by atoms with Crippen molar-refractivity contribution in [1.29, 1.82) is 0 Å². The Kier molecular flexibility index (Phi) is 7.58. The van der Waals surface area contributed by atoms with E-state index in [4.69, 9.17) is 9.47 Å². The summed E-state index contributed by atoms with van der Waals surface area (Å²) in [7, 11) is -3.94. The molecule has 0 aliphatic heterocycles. The summed E-state index contributed by atoms with van der Waals surface area (Å²) in [6, 6.07) is 12.0. The molecule has 0 fully saturated rings. The minimum Gasteiger partial charge on any atom is -0.459 e. The lowest BCUT2D eigenvalue weighted by Crippen LogP contribution is -2.58. The van der Waals surface area contributed by atoms with E-state index in [2.05, 4.69) is 10.5 Å². The first-order valence-electron chi connectivity index (χ1n) is 9.78. The first-order valence-corrected chi connectivity index (χ1v) is 11.3. The smallest absolute Gasteiger partial charge is 0.459 e. The van der Waals surface area contributed by atoms with Gasteiger partial charge in [-0.25, -0.2) is 8.42 Å². The van der Waals surface area contributed by atoms with Gasteiger partial charge in [-0.1, -0.05) is 38.1 Å². The van der Waals surface area contributed by atoms with Gasteiger partial charge in [-0.3, -0.25) is 10.5 Å². The number of hydrogen-bond acceptors (Lipinski definition) is 6. The number of hydrogen-bond donors (Lipinski definition) is 2. The van der Waals surface area contributed by atoms with Crippen LogP contribution in [0, 0.1) is 5.92 Å². The molecule has 31 heavy (non-hydrogen) atoms. The zero-order chi connectivity index (χ0) is 23.4. The monoisotopic (exact) mass is 449 g/mol. The second kappa shape index (κ2) is 9.59. The van der Waals surface area contributed by atoms with Gasteiger partial charge in [0.1, 0.15) is 17.4 Å². The standard InChI is InChI=1S/C22H28N2O6S/c1-14(2)19(20(25)30-22(3,4)5)24-31(27,28)18-12-8-16(9-13-18)15-6-10-17(11-7-15)29-21(23)26/h6-14,19,24H,1-5H3,(H2,23,26)/p+1/t19-/m1/s1. The van der Waals surface area contributed by atoms with Gasteiger partial charge in [0.15, 0.2) is 0 Å². The Morgan fingerprint density at radius 2 is 1.42 bits per heavy atom. The highest BCUT2D eigenvalue weighted by Gasteiger charge is 2.32.